The third-order valence-electron chi connectivity index (χ3n) is 2.53. The number of carbonyl (C=O) groups is 1. The first kappa shape index (κ1) is 12.1. The molecular formula is C12H15N5O. The summed E-state index contributed by atoms with van der Waals surface area (Å²) in [6.07, 6.45) is 1.64. The predicted molar refractivity (Wildman–Crippen MR) is 69.2 cm³/mol. The van der Waals surface area contributed by atoms with Crippen molar-refractivity contribution in [2.75, 3.05) is 11.1 Å². The van der Waals surface area contributed by atoms with E-state index in [0.29, 0.717) is 23.6 Å². The molecule has 94 valence electrons. The maximum absolute atomic E-state index is 11.4. The van der Waals surface area contributed by atoms with Gasteiger partial charge in [-0.1, -0.05) is 0 Å². The van der Waals surface area contributed by atoms with Gasteiger partial charge in [-0.3, -0.25) is 9.48 Å². The van der Waals surface area contributed by atoms with Gasteiger partial charge in [-0.05, 0) is 25.1 Å². The summed E-state index contributed by atoms with van der Waals surface area (Å²) in [5.41, 5.74) is 7.56. The maximum Gasteiger partial charge on any atom is 0.169 e. The van der Waals surface area contributed by atoms with Crippen molar-refractivity contribution in [2.24, 2.45) is 7.05 Å². The van der Waals surface area contributed by atoms with Crippen molar-refractivity contribution in [3.8, 4) is 0 Å². The van der Waals surface area contributed by atoms with Gasteiger partial charge in [-0.15, -0.1) is 0 Å². The van der Waals surface area contributed by atoms with E-state index in [1.807, 2.05) is 13.1 Å². The topological polar surface area (TPSA) is 85.8 Å². The molecule has 6 heteroatoms. The van der Waals surface area contributed by atoms with Crippen LogP contribution < -0.4 is 11.1 Å². The molecule has 0 radical (unpaired) electrons. The molecule has 0 aliphatic heterocycles. The van der Waals surface area contributed by atoms with Gasteiger partial charge in [0.15, 0.2) is 11.6 Å². The van der Waals surface area contributed by atoms with Gasteiger partial charge in [-0.2, -0.15) is 5.10 Å². The summed E-state index contributed by atoms with van der Waals surface area (Å²) in [6.45, 7) is 2.00. The molecular weight excluding hydrogens is 230 g/mol. The Balaban J connectivity index is 2.10. The van der Waals surface area contributed by atoms with E-state index < -0.39 is 0 Å². The molecule has 0 bridgehead atoms. The van der Waals surface area contributed by atoms with Crippen molar-refractivity contribution in [3.05, 3.63) is 35.9 Å². The van der Waals surface area contributed by atoms with E-state index in [4.69, 9.17) is 5.73 Å². The number of carbonyl (C=O) groups excluding carboxylic acids is 1. The number of nitrogens with zero attached hydrogens (tertiary/aromatic N) is 3. The molecule has 18 heavy (non-hydrogen) atoms. The van der Waals surface area contributed by atoms with Crippen LogP contribution in [-0.4, -0.2) is 20.5 Å². The first-order valence-corrected chi connectivity index (χ1v) is 5.55. The van der Waals surface area contributed by atoms with E-state index in [0.717, 1.165) is 5.69 Å². The molecule has 2 rings (SSSR count). The molecule has 1 aromatic heterocycles. The molecule has 0 unspecified atom stereocenters. The van der Waals surface area contributed by atoms with Crippen LogP contribution in [0.1, 0.15) is 23.1 Å². The molecule has 0 fully saturated rings. The molecule has 0 saturated carbocycles. The molecule has 3 N–H and O–H groups in total. The smallest absolute Gasteiger partial charge is 0.169 e. The summed E-state index contributed by atoms with van der Waals surface area (Å²) in [5, 5.41) is 7.30. The molecule has 0 atom stereocenters. The highest BCUT2D eigenvalue weighted by molar-refractivity contribution is 5.99. The minimum absolute atomic E-state index is 0.0490. The number of ketones is 1. The molecule has 0 saturated heterocycles. The van der Waals surface area contributed by atoms with Crippen molar-refractivity contribution in [1.29, 1.82) is 0 Å². The zero-order valence-electron chi connectivity index (χ0n) is 10.3. The maximum atomic E-state index is 11.4. The van der Waals surface area contributed by atoms with Gasteiger partial charge in [-0.25, -0.2) is 4.98 Å². The zero-order valence-corrected chi connectivity index (χ0v) is 10.3. The number of aromatic nitrogens is 3. The average molecular weight is 245 g/mol. The van der Waals surface area contributed by atoms with Crippen molar-refractivity contribution in [3.63, 3.8) is 0 Å². The summed E-state index contributed by atoms with van der Waals surface area (Å²) in [4.78, 5) is 15.5. The van der Waals surface area contributed by atoms with E-state index in [1.54, 1.807) is 23.1 Å². The minimum atomic E-state index is -0.0490. The number of rotatable bonds is 4. The lowest BCUT2D eigenvalue weighted by Gasteiger charge is -2.07. The Morgan fingerprint density at radius 2 is 2.28 bits per heavy atom. The molecule has 1 heterocycles. The third kappa shape index (κ3) is 2.65. The number of hydrogen-bond donors (Lipinski definition) is 2. The predicted octanol–water partition coefficient (Wildman–Crippen LogP) is 1.21. The Hall–Kier alpha value is -2.37. The third-order valence-corrected chi connectivity index (χ3v) is 2.53. The Labute approximate surface area is 105 Å². The lowest BCUT2D eigenvalue weighted by atomic mass is 10.1. The SMILES string of the molecule is CC(=O)c1cc(NCc2ncn(C)n2)ccc1N. The monoisotopic (exact) mass is 245 g/mol. The number of nitrogens with two attached hydrogens (primary N) is 1. The van der Waals surface area contributed by atoms with Crippen LogP contribution in [0.4, 0.5) is 11.4 Å². The second kappa shape index (κ2) is 4.87. The molecule has 0 amide bonds. The first-order valence-electron chi connectivity index (χ1n) is 5.55. The number of Topliss-reactive ketones (excluding diaryl/α,β-unsaturated/α-hetero) is 1. The van der Waals surface area contributed by atoms with Gasteiger partial charge in [0.05, 0.1) is 6.54 Å². The molecule has 0 spiro atoms. The van der Waals surface area contributed by atoms with Crippen LogP contribution in [0.2, 0.25) is 0 Å². The second-order valence-corrected chi connectivity index (χ2v) is 4.05. The van der Waals surface area contributed by atoms with Crippen LogP contribution >= 0.6 is 0 Å². The van der Waals surface area contributed by atoms with Crippen LogP contribution in [0.3, 0.4) is 0 Å². The minimum Gasteiger partial charge on any atom is -0.398 e. The largest absolute Gasteiger partial charge is 0.398 e. The van der Waals surface area contributed by atoms with Gasteiger partial charge in [0, 0.05) is 24.0 Å². The normalized spacial score (nSPS) is 10.3. The van der Waals surface area contributed by atoms with Crippen LogP contribution in [-0.2, 0) is 13.6 Å². The standard InChI is InChI=1S/C12H15N5O/c1-8(18)10-5-9(3-4-11(10)13)14-6-12-15-7-17(2)16-12/h3-5,7,14H,6,13H2,1-2H3. The molecule has 0 aliphatic carbocycles. The molecule has 1 aromatic carbocycles. The van der Waals surface area contributed by atoms with Crippen molar-refractivity contribution >= 4 is 17.2 Å². The van der Waals surface area contributed by atoms with Crippen molar-refractivity contribution in [1.82, 2.24) is 14.8 Å². The lowest BCUT2D eigenvalue weighted by molar-refractivity contribution is 0.101. The van der Waals surface area contributed by atoms with Crippen LogP contribution in [0, 0.1) is 0 Å². The van der Waals surface area contributed by atoms with Gasteiger partial charge in [0.25, 0.3) is 0 Å². The number of hydrogen-bond acceptors (Lipinski definition) is 5. The number of aryl methyl sites for hydroxylation is 1. The Morgan fingerprint density at radius 3 is 2.89 bits per heavy atom. The highest BCUT2D eigenvalue weighted by atomic mass is 16.1. The van der Waals surface area contributed by atoms with E-state index in [9.17, 15) is 4.79 Å². The second-order valence-electron chi connectivity index (χ2n) is 4.05. The van der Waals surface area contributed by atoms with E-state index in [1.165, 1.54) is 6.92 Å². The fourth-order valence-corrected chi connectivity index (χ4v) is 1.62. The lowest BCUT2D eigenvalue weighted by Crippen LogP contribution is -2.05. The summed E-state index contributed by atoms with van der Waals surface area (Å²) >= 11 is 0. The van der Waals surface area contributed by atoms with Gasteiger partial charge >= 0.3 is 0 Å². The van der Waals surface area contributed by atoms with Crippen molar-refractivity contribution in [2.45, 2.75) is 13.5 Å². The Morgan fingerprint density at radius 1 is 1.50 bits per heavy atom. The van der Waals surface area contributed by atoms with E-state index in [2.05, 4.69) is 15.4 Å². The number of nitrogens with one attached hydrogen (secondary N) is 1. The Bertz CT molecular complexity index is 576. The van der Waals surface area contributed by atoms with E-state index in [-0.39, 0.29) is 5.78 Å². The molecule has 6 nitrogen and oxygen atoms in total. The summed E-state index contributed by atoms with van der Waals surface area (Å²) in [6, 6.07) is 5.27. The van der Waals surface area contributed by atoms with Crippen LogP contribution in [0.5, 0.6) is 0 Å². The number of nitrogen functional groups attached to an aromatic ring is 1. The summed E-state index contributed by atoms with van der Waals surface area (Å²) in [7, 11) is 1.81. The molecule has 0 aliphatic rings. The summed E-state index contributed by atoms with van der Waals surface area (Å²) in [5.74, 6) is 0.644. The zero-order chi connectivity index (χ0) is 13.1. The van der Waals surface area contributed by atoms with Crippen LogP contribution in [0.15, 0.2) is 24.5 Å². The molecule has 2 aromatic rings. The van der Waals surface area contributed by atoms with Crippen molar-refractivity contribution < 1.29 is 4.79 Å². The first-order chi connectivity index (χ1) is 8.56. The van der Waals surface area contributed by atoms with Gasteiger partial charge in [0.1, 0.15) is 6.33 Å². The fourth-order valence-electron chi connectivity index (χ4n) is 1.62. The van der Waals surface area contributed by atoms with E-state index >= 15 is 0 Å². The fraction of sp³-hybridized carbons (Fsp3) is 0.250. The summed E-state index contributed by atoms with van der Waals surface area (Å²) < 4.78 is 1.64. The van der Waals surface area contributed by atoms with Gasteiger partial charge in [0.2, 0.25) is 0 Å². The average Bonchev–Trinajstić information content (AvgIpc) is 2.74. The van der Waals surface area contributed by atoms with Crippen LogP contribution in [0.25, 0.3) is 0 Å². The Kier molecular flexibility index (Phi) is 3.27. The number of anilines is 2. The number of benzene rings is 1. The quantitative estimate of drug-likeness (QED) is 0.624. The highest BCUT2D eigenvalue weighted by Crippen LogP contribution is 2.18. The van der Waals surface area contributed by atoms with Gasteiger partial charge < -0.3 is 11.1 Å². The highest BCUT2D eigenvalue weighted by Gasteiger charge is 2.06.